The Kier molecular flexibility index (Phi) is 3.94. The molecule has 2 fully saturated rings. The van der Waals surface area contributed by atoms with E-state index in [4.69, 9.17) is 0 Å². The van der Waals surface area contributed by atoms with Crippen LogP contribution in [0, 0.1) is 0 Å². The maximum absolute atomic E-state index is 11.9. The summed E-state index contributed by atoms with van der Waals surface area (Å²) in [5, 5.41) is 0. The largest absolute Gasteiger partial charge is 0.342 e. The van der Waals surface area contributed by atoms with Gasteiger partial charge in [0.2, 0.25) is 11.8 Å². The Bertz CT molecular complexity index is 285. The van der Waals surface area contributed by atoms with E-state index in [0.717, 1.165) is 12.8 Å². The molecule has 0 bridgehead atoms. The second kappa shape index (κ2) is 4.85. The highest BCUT2D eigenvalue weighted by molar-refractivity contribution is 5.95. The Morgan fingerprint density at radius 2 is 1.88 bits per heavy atom. The van der Waals surface area contributed by atoms with Crippen molar-refractivity contribution in [3.05, 3.63) is 0 Å². The molecule has 2 amide bonds. The van der Waals surface area contributed by atoms with Crippen LogP contribution in [0.1, 0.15) is 40.0 Å². The first-order valence-corrected chi connectivity index (χ1v) is 6.18. The number of likely N-dealkylation sites (N-methyl/N-ethyl adjacent to an activating group) is 1. The van der Waals surface area contributed by atoms with Crippen LogP contribution < -0.4 is 0 Å². The normalized spacial score (nSPS) is 21.6. The van der Waals surface area contributed by atoms with Gasteiger partial charge in [-0.05, 0) is 12.8 Å². The van der Waals surface area contributed by atoms with Crippen LogP contribution in [0.4, 0.5) is 0 Å². The van der Waals surface area contributed by atoms with Crippen LogP contribution in [0.25, 0.3) is 0 Å². The first-order chi connectivity index (χ1) is 7.62. The van der Waals surface area contributed by atoms with Crippen LogP contribution >= 0.6 is 0 Å². The van der Waals surface area contributed by atoms with Crippen molar-refractivity contribution < 1.29 is 9.59 Å². The first kappa shape index (κ1) is 13.0. The standard InChI is InChI=1S/C10H16N2O2.C2H6/c1-3-8(13)12-7-6-11(2)9(14)10(12)4-5-10;1-2/h3-7H2,1-2H3;1-2H3. The van der Waals surface area contributed by atoms with Crippen LogP contribution in [-0.4, -0.2) is 47.3 Å². The summed E-state index contributed by atoms with van der Waals surface area (Å²) in [6.45, 7) is 7.22. The molecule has 0 aromatic carbocycles. The lowest BCUT2D eigenvalue weighted by atomic mass is 10.1. The van der Waals surface area contributed by atoms with Gasteiger partial charge in [-0.25, -0.2) is 0 Å². The van der Waals surface area contributed by atoms with Crippen molar-refractivity contribution in [2.24, 2.45) is 0 Å². The van der Waals surface area contributed by atoms with E-state index in [1.807, 2.05) is 27.8 Å². The zero-order chi connectivity index (χ0) is 12.3. The Morgan fingerprint density at radius 1 is 1.31 bits per heavy atom. The third-order valence-electron chi connectivity index (χ3n) is 3.25. The third kappa shape index (κ3) is 1.93. The smallest absolute Gasteiger partial charge is 0.248 e. The molecular formula is C12H22N2O2. The third-order valence-corrected chi connectivity index (χ3v) is 3.25. The number of carbonyl (C=O) groups is 2. The molecule has 16 heavy (non-hydrogen) atoms. The minimum absolute atomic E-state index is 0.115. The van der Waals surface area contributed by atoms with Crippen LogP contribution in [0.2, 0.25) is 0 Å². The maximum atomic E-state index is 11.9. The van der Waals surface area contributed by atoms with Crippen LogP contribution in [-0.2, 0) is 9.59 Å². The first-order valence-electron chi connectivity index (χ1n) is 6.18. The van der Waals surface area contributed by atoms with E-state index in [-0.39, 0.29) is 11.8 Å². The summed E-state index contributed by atoms with van der Waals surface area (Å²) in [5.74, 6) is 0.245. The van der Waals surface area contributed by atoms with Crippen molar-refractivity contribution in [3.8, 4) is 0 Å². The zero-order valence-electron chi connectivity index (χ0n) is 10.7. The predicted octanol–water partition coefficient (Wildman–Crippen LogP) is 1.26. The number of amides is 2. The van der Waals surface area contributed by atoms with E-state index in [2.05, 4.69) is 0 Å². The lowest BCUT2D eigenvalue weighted by Gasteiger charge is -2.39. The summed E-state index contributed by atoms with van der Waals surface area (Å²) in [4.78, 5) is 27.0. The minimum atomic E-state index is -0.430. The summed E-state index contributed by atoms with van der Waals surface area (Å²) < 4.78 is 0. The molecule has 0 N–H and O–H groups in total. The predicted molar refractivity (Wildman–Crippen MR) is 63.0 cm³/mol. The number of rotatable bonds is 1. The van der Waals surface area contributed by atoms with Gasteiger partial charge >= 0.3 is 0 Å². The molecule has 2 aliphatic rings. The molecule has 1 aliphatic carbocycles. The fourth-order valence-electron chi connectivity index (χ4n) is 2.19. The number of piperazine rings is 1. The topological polar surface area (TPSA) is 40.6 Å². The number of hydrogen-bond acceptors (Lipinski definition) is 2. The SMILES string of the molecule is CC.CCC(=O)N1CCN(C)C(=O)C12CC2. The van der Waals surface area contributed by atoms with Gasteiger partial charge in [-0.3, -0.25) is 9.59 Å². The van der Waals surface area contributed by atoms with E-state index in [1.165, 1.54) is 0 Å². The Labute approximate surface area is 97.6 Å². The monoisotopic (exact) mass is 226 g/mol. The van der Waals surface area contributed by atoms with Gasteiger partial charge in [-0.1, -0.05) is 20.8 Å². The molecule has 1 heterocycles. The van der Waals surface area contributed by atoms with Crippen LogP contribution in [0.15, 0.2) is 0 Å². The van der Waals surface area contributed by atoms with Crippen LogP contribution in [0.5, 0.6) is 0 Å². The number of hydrogen-bond donors (Lipinski definition) is 0. The van der Waals surface area contributed by atoms with E-state index in [1.54, 1.807) is 9.80 Å². The Balaban J connectivity index is 0.000000606. The molecule has 0 radical (unpaired) electrons. The van der Waals surface area contributed by atoms with Gasteiger partial charge in [0.1, 0.15) is 5.54 Å². The van der Waals surface area contributed by atoms with Crippen molar-refractivity contribution >= 4 is 11.8 Å². The molecule has 1 saturated heterocycles. The average Bonchev–Trinajstić information content (AvgIpc) is 3.10. The van der Waals surface area contributed by atoms with Gasteiger partial charge in [0.25, 0.3) is 0 Å². The molecule has 2 rings (SSSR count). The summed E-state index contributed by atoms with van der Waals surface area (Å²) in [7, 11) is 1.82. The maximum Gasteiger partial charge on any atom is 0.248 e. The lowest BCUT2D eigenvalue weighted by Crippen LogP contribution is -2.59. The summed E-state index contributed by atoms with van der Waals surface area (Å²) >= 11 is 0. The Morgan fingerprint density at radius 3 is 2.31 bits per heavy atom. The molecule has 92 valence electrons. The van der Waals surface area contributed by atoms with Gasteiger partial charge in [0.05, 0.1) is 0 Å². The fourth-order valence-corrected chi connectivity index (χ4v) is 2.19. The highest BCUT2D eigenvalue weighted by Gasteiger charge is 2.58. The van der Waals surface area contributed by atoms with Gasteiger partial charge in [0, 0.05) is 26.6 Å². The second-order valence-corrected chi connectivity index (χ2v) is 4.16. The fraction of sp³-hybridized carbons (Fsp3) is 0.833. The molecule has 0 atom stereocenters. The Hall–Kier alpha value is -1.06. The highest BCUT2D eigenvalue weighted by Crippen LogP contribution is 2.45. The van der Waals surface area contributed by atoms with E-state index < -0.39 is 5.54 Å². The number of nitrogens with zero attached hydrogens (tertiary/aromatic N) is 2. The van der Waals surface area contributed by atoms with Gasteiger partial charge in [0.15, 0.2) is 0 Å². The molecule has 0 aromatic rings. The minimum Gasteiger partial charge on any atom is -0.342 e. The summed E-state index contributed by atoms with van der Waals surface area (Å²) in [5.41, 5.74) is -0.430. The van der Waals surface area contributed by atoms with E-state index >= 15 is 0 Å². The quantitative estimate of drug-likeness (QED) is 0.675. The van der Waals surface area contributed by atoms with Crippen molar-refractivity contribution in [1.82, 2.24) is 9.80 Å². The highest BCUT2D eigenvalue weighted by atomic mass is 16.2. The van der Waals surface area contributed by atoms with E-state index in [9.17, 15) is 9.59 Å². The summed E-state index contributed by atoms with van der Waals surface area (Å²) in [6.07, 6.45) is 2.20. The second-order valence-electron chi connectivity index (χ2n) is 4.16. The van der Waals surface area contributed by atoms with Crippen molar-refractivity contribution in [1.29, 1.82) is 0 Å². The van der Waals surface area contributed by atoms with Crippen molar-refractivity contribution in [2.45, 2.75) is 45.6 Å². The zero-order valence-corrected chi connectivity index (χ0v) is 10.7. The molecular weight excluding hydrogens is 204 g/mol. The molecule has 1 spiro atoms. The molecule has 4 heteroatoms. The molecule has 4 nitrogen and oxygen atoms in total. The van der Waals surface area contributed by atoms with Crippen LogP contribution in [0.3, 0.4) is 0 Å². The number of carbonyl (C=O) groups excluding carboxylic acids is 2. The molecule has 0 unspecified atom stereocenters. The van der Waals surface area contributed by atoms with Gasteiger partial charge in [-0.2, -0.15) is 0 Å². The molecule has 0 aromatic heterocycles. The molecule has 1 saturated carbocycles. The van der Waals surface area contributed by atoms with Gasteiger partial charge < -0.3 is 9.80 Å². The van der Waals surface area contributed by atoms with Crippen molar-refractivity contribution in [2.75, 3.05) is 20.1 Å². The average molecular weight is 226 g/mol. The lowest BCUT2D eigenvalue weighted by molar-refractivity contribution is -0.152. The molecule has 1 aliphatic heterocycles. The van der Waals surface area contributed by atoms with E-state index in [0.29, 0.717) is 19.5 Å². The summed E-state index contributed by atoms with van der Waals surface area (Å²) in [6, 6.07) is 0. The van der Waals surface area contributed by atoms with Crippen molar-refractivity contribution in [3.63, 3.8) is 0 Å². The van der Waals surface area contributed by atoms with Gasteiger partial charge in [-0.15, -0.1) is 0 Å².